The van der Waals surface area contributed by atoms with Crippen LogP contribution in [0.1, 0.15) is 150 Å². The first kappa shape index (κ1) is 35.0. The minimum absolute atomic E-state index is 0.170. The van der Waals surface area contributed by atoms with Gasteiger partial charge in [0, 0.05) is 24.6 Å². The molecular weight excluding hydrogens is 567 g/mol. The summed E-state index contributed by atoms with van der Waals surface area (Å²) in [6, 6.07) is 2.02. The summed E-state index contributed by atoms with van der Waals surface area (Å²) in [5.74, 6) is 0. The summed E-state index contributed by atoms with van der Waals surface area (Å²) in [5.41, 5.74) is 13.3. The molecule has 3 heterocycles. The average Bonchev–Trinajstić information content (AvgIpc) is 3.56. The number of aryl methyl sites for hydroxylation is 2. The zero-order chi connectivity index (χ0) is 32.8. The molecule has 2 aliphatic heterocycles. The Bertz CT molecular complexity index is 1460. The van der Waals surface area contributed by atoms with Crippen LogP contribution in [0.4, 0.5) is 7.77 Å². The molecule has 0 amide bonds. The number of hydrogen-bond acceptors (Lipinski definition) is 0. The van der Waals surface area contributed by atoms with E-state index in [0.717, 1.165) is 48.3 Å². The van der Waals surface area contributed by atoms with Crippen molar-refractivity contribution in [1.82, 2.24) is 3.97 Å². The first-order valence-corrected chi connectivity index (χ1v) is 18.7. The third-order valence-electron chi connectivity index (χ3n) is 11.2. The number of halogens is 2. The molecule has 1 aromatic carbocycles. The van der Waals surface area contributed by atoms with Crippen molar-refractivity contribution in [3.63, 3.8) is 0 Å². The first-order chi connectivity index (χ1) is 20.4. The van der Waals surface area contributed by atoms with Gasteiger partial charge >= 0.3 is 11.2 Å². The van der Waals surface area contributed by atoms with Crippen LogP contribution in [-0.4, -0.2) is 14.2 Å². The van der Waals surface area contributed by atoms with Crippen LogP contribution in [0.2, 0.25) is 0 Å². The van der Waals surface area contributed by atoms with Gasteiger partial charge in [0.1, 0.15) is 0 Å². The summed E-state index contributed by atoms with van der Waals surface area (Å²) < 4.78 is 34.0. The second-order valence-electron chi connectivity index (χ2n) is 15.9. The molecule has 1 aliphatic carbocycles. The van der Waals surface area contributed by atoms with E-state index < -0.39 is 11.2 Å². The Balaban J connectivity index is 0.00000216. The number of hydrogen-bond donors (Lipinski definition) is 0. The van der Waals surface area contributed by atoms with Crippen LogP contribution >= 0.6 is 11.2 Å². The molecule has 246 valence electrons. The molecule has 5 heteroatoms. The highest BCUT2D eigenvalue weighted by Gasteiger charge is 2.49. The normalized spacial score (nSPS) is 21.4. The van der Waals surface area contributed by atoms with Crippen molar-refractivity contribution in [2.75, 3.05) is 0 Å². The number of benzene rings is 1. The largest absolute Gasteiger partial charge is 0.387 e. The third kappa shape index (κ3) is 6.79. The Kier molecular flexibility index (Phi) is 10.1. The zero-order valence-electron chi connectivity index (χ0n) is 30.1. The monoisotopic (exact) mass is 627 g/mol. The molecule has 0 radical (unpaired) electrons. The third-order valence-corrected chi connectivity index (χ3v) is 12.9. The number of fused-ring (bicyclic) bond motifs is 3. The molecule has 0 saturated heterocycles. The SMILES string of the molecule is CC.Cc1cc(CCCC(C)(C)CC(C)(C)CC[C@]2(C)CCc3c(C)c(C)c(C)c(C)c3C2)n2c1C=C1CCC=[N+]1S2(F)F. The molecule has 2 aromatic rings. The Labute approximate surface area is 270 Å². The summed E-state index contributed by atoms with van der Waals surface area (Å²) in [7, 11) is 0. The lowest BCUT2D eigenvalue weighted by molar-refractivity contribution is -0.301. The highest BCUT2D eigenvalue weighted by molar-refractivity contribution is 8.18. The topological polar surface area (TPSA) is 7.94 Å². The smallest absolute Gasteiger partial charge is 0.205 e. The second-order valence-corrected chi connectivity index (χ2v) is 17.5. The van der Waals surface area contributed by atoms with Crippen LogP contribution in [0.15, 0.2) is 11.8 Å². The standard InChI is InChI=1S/C37H55F2N2S.C2H6/c1-25-21-31(41-34(25)22-30-14-12-20-40(30)42(41,38)39)13-11-16-35(6,7)24-36(8,9)18-19-37(10)17-15-32-28(4)26(2)27(3)29(5)33(32)23-37;1-2/h20-22H,11-19,23-24H2,1-10H3;1-2H3/q+1;/t37-;/m0./s1. The van der Waals surface area contributed by atoms with Crippen LogP contribution in [0, 0.1) is 50.9 Å². The van der Waals surface area contributed by atoms with Gasteiger partial charge in [0.15, 0.2) is 6.21 Å². The zero-order valence-corrected chi connectivity index (χ0v) is 30.9. The van der Waals surface area contributed by atoms with Crippen LogP contribution < -0.4 is 0 Å². The Morgan fingerprint density at radius 2 is 1.50 bits per heavy atom. The molecule has 3 aliphatic rings. The van der Waals surface area contributed by atoms with E-state index >= 15 is 7.77 Å². The maximum Gasteiger partial charge on any atom is 0.387 e. The fourth-order valence-corrected chi connectivity index (χ4v) is 10.3. The van der Waals surface area contributed by atoms with Crippen LogP contribution in [0.25, 0.3) is 6.08 Å². The molecule has 0 saturated carbocycles. The van der Waals surface area contributed by atoms with E-state index in [1.54, 1.807) is 17.3 Å². The van der Waals surface area contributed by atoms with Crippen LogP contribution in [-0.2, 0) is 19.3 Å². The highest BCUT2D eigenvalue weighted by Crippen LogP contribution is 2.61. The lowest BCUT2D eigenvalue weighted by Crippen LogP contribution is -2.31. The first-order valence-electron chi connectivity index (χ1n) is 17.3. The van der Waals surface area contributed by atoms with E-state index in [0.29, 0.717) is 18.3 Å². The molecule has 44 heavy (non-hydrogen) atoms. The fraction of sp³-hybridized carbons (Fsp3) is 0.667. The Morgan fingerprint density at radius 1 is 0.886 bits per heavy atom. The van der Waals surface area contributed by atoms with E-state index in [-0.39, 0.29) is 10.8 Å². The molecule has 0 spiro atoms. The van der Waals surface area contributed by atoms with Crippen molar-refractivity contribution in [2.45, 2.75) is 154 Å². The highest BCUT2D eigenvalue weighted by atomic mass is 32.3. The van der Waals surface area contributed by atoms with Gasteiger partial charge in [-0.25, -0.2) is 3.97 Å². The Morgan fingerprint density at radius 3 is 2.16 bits per heavy atom. The molecule has 1 aromatic heterocycles. The van der Waals surface area contributed by atoms with E-state index in [4.69, 9.17) is 0 Å². The number of allylic oxidation sites excluding steroid dienone is 1. The van der Waals surface area contributed by atoms with Gasteiger partial charge < -0.3 is 0 Å². The molecule has 0 N–H and O–H groups in total. The number of rotatable bonds is 9. The van der Waals surface area contributed by atoms with Gasteiger partial charge in [-0.2, -0.15) is 0 Å². The summed E-state index contributed by atoms with van der Waals surface area (Å²) in [6.45, 7) is 27.4. The van der Waals surface area contributed by atoms with Crippen molar-refractivity contribution in [2.24, 2.45) is 16.2 Å². The molecule has 2 nitrogen and oxygen atoms in total. The number of aromatic nitrogens is 1. The molecule has 0 bridgehead atoms. The molecule has 5 rings (SSSR count). The van der Waals surface area contributed by atoms with Gasteiger partial charge in [-0.3, -0.25) is 0 Å². The van der Waals surface area contributed by atoms with Gasteiger partial charge in [-0.15, -0.1) is 0 Å². The summed E-state index contributed by atoms with van der Waals surface area (Å²) >= 11 is -4.05. The summed E-state index contributed by atoms with van der Waals surface area (Å²) in [6.07, 6.45) is 15.2. The Hall–Kier alpha value is -1.88. The molecule has 1 atom stereocenters. The van der Waals surface area contributed by atoms with E-state index in [9.17, 15) is 0 Å². The maximum absolute atomic E-state index is 15.6. The van der Waals surface area contributed by atoms with E-state index in [2.05, 4.69) is 62.3 Å². The molecule has 0 unspecified atom stereocenters. The van der Waals surface area contributed by atoms with Crippen LogP contribution in [0.3, 0.4) is 0 Å². The van der Waals surface area contributed by atoms with Crippen molar-refractivity contribution in [3.8, 4) is 0 Å². The van der Waals surface area contributed by atoms with Gasteiger partial charge in [-0.05, 0) is 154 Å². The molecule has 0 fully saturated rings. The maximum atomic E-state index is 15.6. The van der Waals surface area contributed by atoms with E-state index in [1.807, 2.05) is 32.9 Å². The van der Waals surface area contributed by atoms with Crippen molar-refractivity contribution in [3.05, 3.63) is 62.1 Å². The van der Waals surface area contributed by atoms with Crippen molar-refractivity contribution in [1.29, 1.82) is 0 Å². The lowest BCUT2D eigenvalue weighted by atomic mass is 9.64. The average molecular weight is 628 g/mol. The fourth-order valence-electron chi connectivity index (χ4n) is 8.53. The quantitative estimate of drug-likeness (QED) is 0.244. The predicted octanol–water partition coefficient (Wildman–Crippen LogP) is 12.3. The minimum Gasteiger partial charge on any atom is -0.205 e. The van der Waals surface area contributed by atoms with Crippen molar-refractivity contribution >= 4 is 23.5 Å². The molecular formula is C39H61F2N2S+. The van der Waals surface area contributed by atoms with Gasteiger partial charge in [0.2, 0.25) is 5.70 Å². The minimum atomic E-state index is -4.05. The lowest BCUT2D eigenvalue weighted by Gasteiger charge is -2.41. The van der Waals surface area contributed by atoms with Crippen molar-refractivity contribution < 1.29 is 11.8 Å². The number of nitrogens with zero attached hydrogens (tertiary/aromatic N) is 2. The summed E-state index contributed by atoms with van der Waals surface area (Å²) in [4.78, 5) is 0. The van der Waals surface area contributed by atoms with Gasteiger partial charge in [-0.1, -0.05) is 60.2 Å². The second kappa shape index (κ2) is 12.7. The van der Waals surface area contributed by atoms with Crippen LogP contribution in [0.5, 0.6) is 0 Å². The summed E-state index contributed by atoms with van der Waals surface area (Å²) in [5, 5.41) is 0. The van der Waals surface area contributed by atoms with Gasteiger partial charge in [0.25, 0.3) is 0 Å². The van der Waals surface area contributed by atoms with E-state index in [1.165, 1.54) is 62.3 Å². The van der Waals surface area contributed by atoms with Gasteiger partial charge in [0.05, 0.1) is 5.69 Å². The predicted molar refractivity (Wildman–Crippen MR) is 189 cm³/mol.